The van der Waals surface area contributed by atoms with Crippen LogP contribution in [0.1, 0.15) is 31.0 Å². The molecule has 0 amide bonds. The van der Waals surface area contributed by atoms with Gasteiger partial charge in [-0.1, -0.05) is 11.8 Å². The van der Waals surface area contributed by atoms with Crippen LogP contribution in [-0.2, 0) is 11.3 Å². The molecule has 0 spiro atoms. The zero-order valence-corrected chi connectivity index (χ0v) is 12.5. The largest absolute Gasteiger partial charge is 0.481 e. The van der Waals surface area contributed by atoms with Gasteiger partial charge in [0.05, 0.1) is 5.75 Å². The number of carboxylic acid groups (broad SMARTS) is 1. The summed E-state index contributed by atoms with van der Waals surface area (Å²) < 4.78 is 2.18. The van der Waals surface area contributed by atoms with Gasteiger partial charge in [-0.2, -0.15) is 0 Å². The summed E-state index contributed by atoms with van der Waals surface area (Å²) in [6.45, 7) is 3.17. The van der Waals surface area contributed by atoms with Crippen LogP contribution in [0.4, 0.5) is 0 Å². The minimum absolute atomic E-state index is 0.0490. The fourth-order valence-corrected chi connectivity index (χ4v) is 3.46. The number of nitrogens with zero attached hydrogens (tertiary/aromatic N) is 4. The van der Waals surface area contributed by atoms with E-state index in [2.05, 4.69) is 26.7 Å². The van der Waals surface area contributed by atoms with Crippen molar-refractivity contribution >= 4 is 17.7 Å². The van der Waals surface area contributed by atoms with E-state index in [9.17, 15) is 4.79 Å². The second-order valence-corrected chi connectivity index (χ2v) is 6.77. The van der Waals surface area contributed by atoms with Gasteiger partial charge in [0.25, 0.3) is 0 Å². The third-order valence-electron chi connectivity index (χ3n) is 3.94. The van der Waals surface area contributed by atoms with Gasteiger partial charge in [0, 0.05) is 19.0 Å². The Morgan fingerprint density at radius 2 is 2.20 bits per heavy atom. The van der Waals surface area contributed by atoms with Crippen molar-refractivity contribution in [2.45, 2.75) is 36.9 Å². The maximum absolute atomic E-state index is 10.7. The molecule has 1 aromatic heterocycles. The minimum Gasteiger partial charge on any atom is -0.481 e. The molecule has 7 heteroatoms. The zero-order valence-electron chi connectivity index (χ0n) is 11.7. The predicted octanol–water partition coefficient (Wildman–Crippen LogP) is 1.28. The Balaban J connectivity index is 1.74. The summed E-state index contributed by atoms with van der Waals surface area (Å²) in [6, 6.07) is 0. The lowest BCUT2D eigenvalue weighted by atomic mass is 10.1. The molecule has 2 fully saturated rings. The van der Waals surface area contributed by atoms with Gasteiger partial charge in [-0.25, -0.2) is 0 Å². The van der Waals surface area contributed by atoms with Crippen LogP contribution in [0.5, 0.6) is 0 Å². The van der Waals surface area contributed by atoms with Crippen LogP contribution in [-0.4, -0.2) is 56.6 Å². The molecule has 110 valence electrons. The van der Waals surface area contributed by atoms with E-state index in [1.165, 1.54) is 31.0 Å². The molecule has 3 rings (SSSR count). The molecule has 2 aliphatic rings. The maximum atomic E-state index is 10.7. The Morgan fingerprint density at radius 1 is 1.40 bits per heavy atom. The van der Waals surface area contributed by atoms with E-state index in [1.807, 2.05) is 0 Å². The molecule has 1 aliphatic heterocycles. The van der Waals surface area contributed by atoms with E-state index in [1.54, 1.807) is 0 Å². The van der Waals surface area contributed by atoms with Crippen molar-refractivity contribution in [1.29, 1.82) is 0 Å². The Hall–Kier alpha value is -1.08. The van der Waals surface area contributed by atoms with Gasteiger partial charge >= 0.3 is 5.97 Å². The number of carboxylic acids is 1. The Morgan fingerprint density at radius 3 is 2.80 bits per heavy atom. The third kappa shape index (κ3) is 3.15. The fourth-order valence-electron chi connectivity index (χ4n) is 2.78. The highest BCUT2D eigenvalue weighted by atomic mass is 32.2. The molecule has 1 saturated heterocycles. The molecule has 1 atom stereocenters. The smallest absolute Gasteiger partial charge is 0.313 e. The first-order chi connectivity index (χ1) is 9.63. The Bertz CT molecular complexity index is 501. The molecule has 1 aromatic rings. The molecule has 1 aliphatic carbocycles. The molecular weight excluding hydrogens is 276 g/mol. The van der Waals surface area contributed by atoms with Crippen molar-refractivity contribution in [1.82, 2.24) is 19.7 Å². The lowest BCUT2D eigenvalue weighted by molar-refractivity contribution is -0.133. The normalized spacial score (nSPS) is 23.4. The monoisotopic (exact) mass is 296 g/mol. The Kier molecular flexibility index (Phi) is 3.98. The van der Waals surface area contributed by atoms with Crippen LogP contribution in [0.15, 0.2) is 5.16 Å². The number of thioether (sulfide) groups is 1. The van der Waals surface area contributed by atoms with E-state index in [0.29, 0.717) is 11.8 Å². The molecule has 20 heavy (non-hydrogen) atoms. The first kappa shape index (κ1) is 13.9. The average Bonchev–Trinajstić information content (AvgIpc) is 3.05. The predicted molar refractivity (Wildman–Crippen MR) is 76.0 cm³/mol. The lowest BCUT2D eigenvalue weighted by Gasteiger charge is -2.14. The molecule has 0 aromatic carbocycles. The highest BCUT2D eigenvalue weighted by Crippen LogP contribution is 2.40. The zero-order chi connectivity index (χ0) is 14.1. The van der Waals surface area contributed by atoms with Crippen molar-refractivity contribution < 1.29 is 9.90 Å². The van der Waals surface area contributed by atoms with Crippen LogP contribution in [0.3, 0.4) is 0 Å². The van der Waals surface area contributed by atoms with E-state index in [0.717, 1.165) is 30.6 Å². The first-order valence-electron chi connectivity index (χ1n) is 7.09. The summed E-state index contributed by atoms with van der Waals surface area (Å²) >= 11 is 1.28. The highest BCUT2D eigenvalue weighted by Gasteiger charge is 2.32. The molecule has 1 saturated carbocycles. The summed E-state index contributed by atoms with van der Waals surface area (Å²) in [5, 5.41) is 18.1. The van der Waals surface area contributed by atoms with Gasteiger partial charge < -0.3 is 14.6 Å². The topological polar surface area (TPSA) is 71.2 Å². The summed E-state index contributed by atoms with van der Waals surface area (Å²) in [4.78, 5) is 13.1. The second-order valence-electron chi connectivity index (χ2n) is 5.83. The Labute approximate surface area is 122 Å². The van der Waals surface area contributed by atoms with Crippen LogP contribution < -0.4 is 0 Å². The summed E-state index contributed by atoms with van der Waals surface area (Å²) in [5.41, 5.74) is 0. The first-order valence-corrected chi connectivity index (χ1v) is 8.08. The van der Waals surface area contributed by atoms with Gasteiger partial charge in [0.2, 0.25) is 0 Å². The van der Waals surface area contributed by atoms with Crippen LogP contribution in [0.2, 0.25) is 0 Å². The fraction of sp³-hybridized carbons (Fsp3) is 0.769. The van der Waals surface area contributed by atoms with Crippen molar-refractivity contribution in [3.8, 4) is 0 Å². The average molecular weight is 296 g/mol. The number of likely N-dealkylation sites (tertiary alicyclic amines) is 1. The standard InChI is InChI=1S/C13H20N4O2S/c1-16-5-4-9(6-16)7-17-12(10-2-3-10)14-15-13(17)20-8-11(18)19/h9-10H,2-8H2,1H3,(H,18,19). The number of rotatable bonds is 6. The summed E-state index contributed by atoms with van der Waals surface area (Å²) in [5.74, 6) is 1.47. The number of hydrogen-bond donors (Lipinski definition) is 1. The number of hydrogen-bond acceptors (Lipinski definition) is 5. The van der Waals surface area contributed by atoms with Crippen molar-refractivity contribution in [3.63, 3.8) is 0 Å². The molecule has 1 N–H and O–H groups in total. The SMILES string of the molecule is CN1CCC(Cn2c(SCC(=O)O)nnc2C2CC2)C1. The molecule has 0 bridgehead atoms. The second kappa shape index (κ2) is 5.73. The van der Waals surface area contributed by atoms with E-state index < -0.39 is 5.97 Å². The van der Waals surface area contributed by atoms with E-state index in [4.69, 9.17) is 5.11 Å². The lowest BCUT2D eigenvalue weighted by Crippen LogP contribution is -2.18. The van der Waals surface area contributed by atoms with E-state index >= 15 is 0 Å². The van der Waals surface area contributed by atoms with Gasteiger partial charge in [-0.3, -0.25) is 4.79 Å². The van der Waals surface area contributed by atoms with Crippen LogP contribution in [0, 0.1) is 5.92 Å². The minimum atomic E-state index is -0.807. The highest BCUT2D eigenvalue weighted by molar-refractivity contribution is 7.99. The third-order valence-corrected chi connectivity index (χ3v) is 4.89. The molecular formula is C13H20N4O2S. The molecule has 1 unspecified atom stereocenters. The van der Waals surface area contributed by atoms with Crippen molar-refractivity contribution in [3.05, 3.63) is 5.82 Å². The van der Waals surface area contributed by atoms with Gasteiger partial charge in [0.1, 0.15) is 5.82 Å². The maximum Gasteiger partial charge on any atom is 0.313 e. The van der Waals surface area contributed by atoms with Gasteiger partial charge in [-0.15, -0.1) is 10.2 Å². The van der Waals surface area contributed by atoms with Crippen molar-refractivity contribution in [2.24, 2.45) is 5.92 Å². The number of aliphatic carboxylic acids is 1. The molecule has 6 nitrogen and oxygen atoms in total. The van der Waals surface area contributed by atoms with Gasteiger partial charge in [0.15, 0.2) is 5.16 Å². The number of aromatic nitrogens is 3. The van der Waals surface area contributed by atoms with E-state index in [-0.39, 0.29) is 5.75 Å². The summed E-state index contributed by atoms with van der Waals surface area (Å²) in [6.07, 6.45) is 3.57. The van der Waals surface area contributed by atoms with Crippen molar-refractivity contribution in [2.75, 3.05) is 25.9 Å². The molecule has 2 heterocycles. The number of carbonyl (C=O) groups is 1. The van der Waals surface area contributed by atoms with Gasteiger partial charge in [-0.05, 0) is 38.8 Å². The molecule has 0 radical (unpaired) electrons. The quantitative estimate of drug-likeness (QED) is 0.798. The van der Waals surface area contributed by atoms with Crippen LogP contribution >= 0.6 is 11.8 Å². The van der Waals surface area contributed by atoms with Crippen LogP contribution in [0.25, 0.3) is 0 Å². The summed E-state index contributed by atoms with van der Waals surface area (Å²) in [7, 11) is 2.15.